The molecule has 0 spiro atoms. The fourth-order valence-electron chi connectivity index (χ4n) is 1.59. The third kappa shape index (κ3) is 3.43. The van der Waals surface area contributed by atoms with Crippen LogP contribution in [0, 0.1) is 0 Å². The van der Waals surface area contributed by atoms with Crippen LogP contribution in [0.25, 0.3) is 11.3 Å². The molecule has 0 atom stereocenters. The van der Waals surface area contributed by atoms with Gasteiger partial charge < -0.3 is 5.32 Å². The van der Waals surface area contributed by atoms with Crippen molar-refractivity contribution in [3.8, 4) is 11.3 Å². The summed E-state index contributed by atoms with van der Waals surface area (Å²) in [4.78, 5) is 10.9. The molecule has 4 nitrogen and oxygen atoms in total. The van der Waals surface area contributed by atoms with Crippen molar-refractivity contribution in [3.63, 3.8) is 0 Å². The second-order valence-corrected chi connectivity index (χ2v) is 4.12. The average Bonchev–Trinajstić information content (AvgIpc) is 2.45. The minimum Gasteiger partial charge on any atom is -0.370 e. The van der Waals surface area contributed by atoms with Crippen molar-refractivity contribution < 1.29 is 13.2 Å². The van der Waals surface area contributed by atoms with Crippen molar-refractivity contribution in [2.24, 2.45) is 0 Å². The molecule has 106 valence electrons. The maximum atomic E-state index is 12.8. The first-order valence-electron chi connectivity index (χ1n) is 6.11. The Balaban J connectivity index is 2.46. The molecule has 0 saturated heterocycles. The van der Waals surface area contributed by atoms with E-state index in [0.717, 1.165) is 6.42 Å². The highest BCUT2D eigenvalue weighted by Gasteiger charge is 2.35. The third-order valence-corrected chi connectivity index (χ3v) is 2.51. The van der Waals surface area contributed by atoms with Crippen LogP contribution in [-0.2, 0) is 6.18 Å². The summed E-state index contributed by atoms with van der Waals surface area (Å²) >= 11 is 0. The Bertz CT molecular complexity index is 570. The number of hydrogen-bond acceptors (Lipinski definition) is 4. The molecule has 0 saturated carbocycles. The van der Waals surface area contributed by atoms with Crippen molar-refractivity contribution >= 4 is 5.82 Å². The summed E-state index contributed by atoms with van der Waals surface area (Å²) in [6.45, 7) is 2.47. The Labute approximate surface area is 114 Å². The number of aromatic nitrogens is 3. The highest BCUT2D eigenvalue weighted by atomic mass is 19.4. The SMILES string of the molecule is CCCNc1cc(-c2ccncc2)nc(C(F)(F)F)n1. The maximum absolute atomic E-state index is 12.8. The number of nitrogens with zero attached hydrogens (tertiary/aromatic N) is 3. The van der Waals surface area contributed by atoms with Gasteiger partial charge >= 0.3 is 6.18 Å². The molecule has 0 amide bonds. The number of halogens is 3. The average molecular weight is 282 g/mol. The minimum atomic E-state index is -4.58. The predicted octanol–water partition coefficient (Wildman–Crippen LogP) is 3.38. The summed E-state index contributed by atoms with van der Waals surface area (Å²) in [5.41, 5.74) is 0.778. The van der Waals surface area contributed by atoms with E-state index in [1.54, 1.807) is 12.1 Å². The van der Waals surface area contributed by atoms with Gasteiger partial charge in [-0.2, -0.15) is 13.2 Å². The lowest BCUT2D eigenvalue weighted by Crippen LogP contribution is -2.14. The lowest BCUT2D eigenvalue weighted by Gasteiger charge is -2.11. The molecule has 0 fully saturated rings. The maximum Gasteiger partial charge on any atom is 0.451 e. The smallest absolute Gasteiger partial charge is 0.370 e. The van der Waals surface area contributed by atoms with Crippen LogP contribution in [0.4, 0.5) is 19.0 Å². The van der Waals surface area contributed by atoms with Gasteiger partial charge in [0.05, 0.1) is 5.69 Å². The zero-order valence-corrected chi connectivity index (χ0v) is 10.8. The summed E-state index contributed by atoms with van der Waals surface area (Å²) < 4.78 is 38.5. The van der Waals surface area contributed by atoms with Gasteiger partial charge in [-0.25, -0.2) is 9.97 Å². The van der Waals surface area contributed by atoms with Crippen LogP contribution in [-0.4, -0.2) is 21.5 Å². The Morgan fingerprint density at radius 1 is 1.15 bits per heavy atom. The molecule has 0 radical (unpaired) electrons. The van der Waals surface area contributed by atoms with E-state index in [4.69, 9.17) is 0 Å². The normalized spacial score (nSPS) is 11.4. The summed E-state index contributed by atoms with van der Waals surface area (Å²) in [7, 11) is 0. The molecular weight excluding hydrogens is 269 g/mol. The van der Waals surface area contributed by atoms with Crippen molar-refractivity contribution in [3.05, 3.63) is 36.4 Å². The van der Waals surface area contributed by atoms with E-state index >= 15 is 0 Å². The van der Waals surface area contributed by atoms with Crippen LogP contribution in [0.5, 0.6) is 0 Å². The van der Waals surface area contributed by atoms with E-state index in [1.165, 1.54) is 18.5 Å². The zero-order valence-electron chi connectivity index (χ0n) is 10.8. The van der Waals surface area contributed by atoms with Gasteiger partial charge in [-0.3, -0.25) is 4.98 Å². The van der Waals surface area contributed by atoms with Crippen LogP contribution in [0.3, 0.4) is 0 Å². The largest absolute Gasteiger partial charge is 0.451 e. The van der Waals surface area contributed by atoms with E-state index in [1.807, 2.05) is 6.92 Å². The van der Waals surface area contributed by atoms with Crippen LogP contribution in [0.15, 0.2) is 30.6 Å². The lowest BCUT2D eigenvalue weighted by atomic mass is 10.2. The van der Waals surface area contributed by atoms with Crippen molar-refractivity contribution in [1.82, 2.24) is 15.0 Å². The molecule has 1 N–H and O–H groups in total. The fourth-order valence-corrected chi connectivity index (χ4v) is 1.59. The van der Waals surface area contributed by atoms with E-state index in [2.05, 4.69) is 20.3 Å². The number of rotatable bonds is 4. The van der Waals surface area contributed by atoms with Crippen LogP contribution in [0.1, 0.15) is 19.2 Å². The molecule has 0 unspecified atom stereocenters. The van der Waals surface area contributed by atoms with Gasteiger partial charge in [-0.1, -0.05) is 6.92 Å². The summed E-state index contributed by atoms with van der Waals surface area (Å²) in [6.07, 6.45) is -0.782. The molecule has 0 aliphatic heterocycles. The minimum absolute atomic E-state index is 0.168. The van der Waals surface area contributed by atoms with Gasteiger partial charge in [0.15, 0.2) is 0 Å². The van der Waals surface area contributed by atoms with Crippen molar-refractivity contribution in [2.75, 3.05) is 11.9 Å². The molecule has 2 aromatic heterocycles. The Kier molecular flexibility index (Phi) is 4.16. The second-order valence-electron chi connectivity index (χ2n) is 4.12. The molecular formula is C13H13F3N4. The lowest BCUT2D eigenvalue weighted by molar-refractivity contribution is -0.144. The van der Waals surface area contributed by atoms with Gasteiger partial charge in [0.1, 0.15) is 5.82 Å². The first-order chi connectivity index (χ1) is 9.50. The number of pyridine rings is 1. The first kappa shape index (κ1) is 14.2. The fraction of sp³-hybridized carbons (Fsp3) is 0.308. The number of hydrogen-bond donors (Lipinski definition) is 1. The van der Waals surface area contributed by atoms with Gasteiger partial charge in [-0.15, -0.1) is 0 Å². The van der Waals surface area contributed by atoms with Crippen LogP contribution in [0.2, 0.25) is 0 Å². The first-order valence-corrected chi connectivity index (χ1v) is 6.11. The third-order valence-electron chi connectivity index (χ3n) is 2.51. The van der Waals surface area contributed by atoms with Gasteiger partial charge in [0.2, 0.25) is 5.82 Å². The standard InChI is InChI=1S/C13H13F3N4/c1-2-5-18-11-8-10(9-3-6-17-7-4-9)19-12(20-11)13(14,15)16/h3-4,6-8H,2,5H2,1H3,(H,18,19,20). The van der Waals surface area contributed by atoms with Crippen LogP contribution < -0.4 is 5.32 Å². The Morgan fingerprint density at radius 2 is 1.85 bits per heavy atom. The van der Waals surface area contributed by atoms with Crippen LogP contribution >= 0.6 is 0 Å². The number of alkyl halides is 3. The molecule has 0 bridgehead atoms. The summed E-state index contributed by atoms with van der Waals surface area (Å²) in [5, 5.41) is 2.85. The topological polar surface area (TPSA) is 50.7 Å². The van der Waals surface area contributed by atoms with Crippen molar-refractivity contribution in [1.29, 1.82) is 0 Å². The Hall–Kier alpha value is -2.18. The molecule has 2 aromatic rings. The van der Waals surface area contributed by atoms with Gasteiger partial charge in [0.25, 0.3) is 0 Å². The molecule has 7 heteroatoms. The second kappa shape index (κ2) is 5.85. The monoisotopic (exact) mass is 282 g/mol. The van der Waals surface area contributed by atoms with E-state index < -0.39 is 12.0 Å². The summed E-state index contributed by atoms with van der Waals surface area (Å²) in [6, 6.07) is 4.71. The molecule has 2 rings (SSSR count). The molecule has 0 aromatic carbocycles. The molecule has 0 aliphatic carbocycles. The van der Waals surface area contributed by atoms with Crippen molar-refractivity contribution in [2.45, 2.75) is 19.5 Å². The summed E-state index contributed by atoms with van der Waals surface area (Å²) in [5.74, 6) is -0.980. The number of anilines is 1. The van der Waals surface area contributed by atoms with E-state index in [-0.39, 0.29) is 11.5 Å². The highest BCUT2D eigenvalue weighted by molar-refractivity contribution is 5.61. The van der Waals surface area contributed by atoms with Gasteiger partial charge in [-0.05, 0) is 18.6 Å². The predicted molar refractivity (Wildman–Crippen MR) is 69.0 cm³/mol. The highest BCUT2D eigenvalue weighted by Crippen LogP contribution is 2.29. The molecule has 0 aliphatic rings. The quantitative estimate of drug-likeness (QED) is 0.934. The van der Waals surface area contributed by atoms with E-state index in [0.29, 0.717) is 12.1 Å². The molecule has 2 heterocycles. The number of nitrogens with one attached hydrogen (secondary N) is 1. The Morgan fingerprint density at radius 3 is 2.45 bits per heavy atom. The van der Waals surface area contributed by atoms with E-state index in [9.17, 15) is 13.2 Å². The van der Waals surface area contributed by atoms with Gasteiger partial charge in [0, 0.05) is 30.6 Å². The zero-order chi connectivity index (χ0) is 14.6. The molecule has 20 heavy (non-hydrogen) atoms.